The fraction of sp³-hybridized carbons (Fsp3) is 0.238. The molecule has 0 aromatic heterocycles. The molecule has 3 N–H and O–H groups in total. The van der Waals surface area contributed by atoms with E-state index in [2.05, 4.69) is 10.3 Å². The number of para-hydroxylation sites is 1. The van der Waals surface area contributed by atoms with E-state index in [1.165, 1.54) is 40.9 Å². The van der Waals surface area contributed by atoms with Crippen molar-refractivity contribution in [3.63, 3.8) is 0 Å². The highest BCUT2D eigenvalue weighted by Crippen LogP contribution is 2.32. The van der Waals surface area contributed by atoms with Crippen molar-refractivity contribution in [3.8, 4) is 0 Å². The van der Waals surface area contributed by atoms with E-state index in [0.29, 0.717) is 16.5 Å². The molecule has 3 rings (SSSR count). The number of hydrogen-bond donors (Lipinski definition) is 3. The molecule has 2 unspecified atom stereocenters. The van der Waals surface area contributed by atoms with Crippen LogP contribution < -0.4 is 5.32 Å². The molecule has 0 aliphatic carbocycles. The Balaban J connectivity index is 1.70. The number of amides is 2. The van der Waals surface area contributed by atoms with Crippen molar-refractivity contribution >= 4 is 46.1 Å². The first-order chi connectivity index (χ1) is 14.3. The largest absolute Gasteiger partial charge is 0.478 e. The Labute approximate surface area is 177 Å². The topological polar surface area (TPSA) is 119 Å². The van der Waals surface area contributed by atoms with Crippen molar-refractivity contribution < 1.29 is 24.6 Å². The molecule has 1 aliphatic rings. The van der Waals surface area contributed by atoms with Crippen LogP contribution in [-0.2, 0) is 9.59 Å². The number of aliphatic imine (C=N–C) groups is 1. The number of aliphatic hydroxyl groups excluding tert-OH is 1. The third-order valence-electron chi connectivity index (χ3n) is 4.23. The number of anilines is 1. The van der Waals surface area contributed by atoms with E-state index in [4.69, 9.17) is 5.11 Å². The second-order valence-electron chi connectivity index (χ2n) is 6.77. The second kappa shape index (κ2) is 9.55. The van der Waals surface area contributed by atoms with Crippen molar-refractivity contribution in [1.82, 2.24) is 4.90 Å². The number of amidine groups is 1. The van der Waals surface area contributed by atoms with Crippen LogP contribution in [0.1, 0.15) is 23.7 Å². The third kappa shape index (κ3) is 5.46. The van der Waals surface area contributed by atoms with Crippen molar-refractivity contribution in [2.75, 3.05) is 11.9 Å². The quantitative estimate of drug-likeness (QED) is 0.625. The van der Waals surface area contributed by atoms with Gasteiger partial charge < -0.3 is 15.5 Å². The van der Waals surface area contributed by atoms with Crippen molar-refractivity contribution in [2.24, 2.45) is 4.99 Å². The molecule has 9 heteroatoms. The summed E-state index contributed by atoms with van der Waals surface area (Å²) in [5.74, 6) is -1.71. The van der Waals surface area contributed by atoms with E-state index in [-0.39, 0.29) is 30.3 Å². The number of rotatable bonds is 7. The monoisotopic (exact) mass is 427 g/mol. The van der Waals surface area contributed by atoms with Gasteiger partial charge in [-0.15, -0.1) is 0 Å². The minimum absolute atomic E-state index is 0.0751. The van der Waals surface area contributed by atoms with Gasteiger partial charge in [-0.2, -0.15) is 0 Å². The van der Waals surface area contributed by atoms with Crippen LogP contribution in [0.25, 0.3) is 0 Å². The molecule has 2 aromatic rings. The maximum Gasteiger partial charge on any atom is 0.335 e. The van der Waals surface area contributed by atoms with Gasteiger partial charge in [0.2, 0.25) is 11.8 Å². The van der Waals surface area contributed by atoms with Crippen molar-refractivity contribution in [2.45, 2.75) is 24.7 Å². The maximum absolute atomic E-state index is 12.8. The molecule has 1 aliphatic heterocycles. The average molecular weight is 427 g/mol. The fourth-order valence-corrected chi connectivity index (χ4v) is 4.01. The first-order valence-corrected chi connectivity index (χ1v) is 10.1. The Hall–Kier alpha value is -3.17. The Kier molecular flexibility index (Phi) is 6.86. The van der Waals surface area contributed by atoms with Crippen LogP contribution >= 0.6 is 11.8 Å². The van der Waals surface area contributed by atoms with Crippen LogP contribution in [0.3, 0.4) is 0 Å². The SMILES string of the molecule is CC(O)CN1C(=O)C(CC(=O)Nc2ccc(C(=O)O)cc2)SC1=Nc1ccccc1. The highest BCUT2D eigenvalue weighted by molar-refractivity contribution is 8.15. The van der Waals surface area contributed by atoms with Crippen LogP contribution in [0.15, 0.2) is 59.6 Å². The Bertz CT molecular complexity index is 960. The molecule has 0 radical (unpaired) electrons. The van der Waals surface area contributed by atoms with Crippen molar-refractivity contribution in [1.29, 1.82) is 0 Å². The molecule has 2 aromatic carbocycles. The molecule has 156 valence electrons. The second-order valence-corrected chi connectivity index (χ2v) is 7.94. The van der Waals surface area contributed by atoms with Gasteiger partial charge in [0.1, 0.15) is 5.25 Å². The van der Waals surface area contributed by atoms with Gasteiger partial charge in [0.25, 0.3) is 0 Å². The molecule has 0 spiro atoms. The first kappa shape index (κ1) is 21.5. The van der Waals surface area contributed by atoms with Crippen LogP contribution in [0.4, 0.5) is 11.4 Å². The highest BCUT2D eigenvalue weighted by atomic mass is 32.2. The molecular formula is C21H21N3O5S. The number of aliphatic hydroxyl groups is 1. The third-order valence-corrected chi connectivity index (χ3v) is 5.41. The first-order valence-electron chi connectivity index (χ1n) is 9.26. The number of aromatic carboxylic acids is 1. The summed E-state index contributed by atoms with van der Waals surface area (Å²) in [6.07, 6.45) is -0.815. The lowest BCUT2D eigenvalue weighted by molar-refractivity contribution is -0.128. The molecule has 2 atom stereocenters. The number of nitrogens with zero attached hydrogens (tertiary/aromatic N) is 2. The summed E-state index contributed by atoms with van der Waals surface area (Å²) in [5.41, 5.74) is 1.23. The van der Waals surface area contributed by atoms with E-state index >= 15 is 0 Å². The summed E-state index contributed by atoms with van der Waals surface area (Å²) in [5, 5.41) is 21.1. The standard InChI is InChI=1S/C21H21N3O5S/c1-13(25)12-24-19(27)17(30-21(24)23-15-5-3-2-4-6-15)11-18(26)22-16-9-7-14(8-10-16)20(28)29/h2-10,13,17,25H,11-12H2,1H3,(H,22,26)(H,28,29). The van der Waals surface area contributed by atoms with Gasteiger partial charge >= 0.3 is 5.97 Å². The van der Waals surface area contributed by atoms with Gasteiger partial charge in [-0.25, -0.2) is 9.79 Å². The van der Waals surface area contributed by atoms with Crippen molar-refractivity contribution in [3.05, 3.63) is 60.2 Å². The lowest BCUT2D eigenvalue weighted by atomic mass is 10.2. The number of benzene rings is 2. The average Bonchev–Trinajstić information content (AvgIpc) is 2.97. The zero-order valence-electron chi connectivity index (χ0n) is 16.2. The van der Waals surface area contributed by atoms with Crippen LogP contribution in [0, 0.1) is 0 Å². The summed E-state index contributed by atoms with van der Waals surface area (Å²) in [4.78, 5) is 42.1. The highest BCUT2D eigenvalue weighted by Gasteiger charge is 2.39. The van der Waals surface area contributed by atoms with Gasteiger partial charge in [-0.05, 0) is 43.3 Å². The summed E-state index contributed by atoms with van der Waals surface area (Å²) < 4.78 is 0. The number of thioether (sulfide) groups is 1. The molecule has 1 fully saturated rings. The molecule has 30 heavy (non-hydrogen) atoms. The lowest BCUT2D eigenvalue weighted by Gasteiger charge is -2.18. The molecular weight excluding hydrogens is 406 g/mol. The zero-order chi connectivity index (χ0) is 21.7. The van der Waals surface area contributed by atoms with Crippen LogP contribution in [-0.4, -0.2) is 56.0 Å². The summed E-state index contributed by atoms with van der Waals surface area (Å²) >= 11 is 1.19. The van der Waals surface area contributed by atoms with E-state index in [1.807, 2.05) is 18.2 Å². The minimum Gasteiger partial charge on any atom is -0.478 e. The van der Waals surface area contributed by atoms with Crippen LogP contribution in [0.2, 0.25) is 0 Å². The van der Waals surface area contributed by atoms with Crippen LogP contribution in [0.5, 0.6) is 0 Å². The number of nitrogens with one attached hydrogen (secondary N) is 1. The van der Waals surface area contributed by atoms with E-state index < -0.39 is 17.3 Å². The summed E-state index contributed by atoms with van der Waals surface area (Å²) in [6.45, 7) is 1.67. The van der Waals surface area contributed by atoms with Gasteiger partial charge in [0.05, 0.1) is 23.9 Å². The number of carboxylic acids is 1. The van der Waals surface area contributed by atoms with Gasteiger partial charge in [-0.1, -0.05) is 30.0 Å². The molecule has 0 saturated carbocycles. The fourth-order valence-electron chi connectivity index (χ4n) is 2.85. The lowest BCUT2D eigenvalue weighted by Crippen LogP contribution is -2.38. The molecule has 1 heterocycles. The maximum atomic E-state index is 12.8. The number of β-amino-alcohol motifs (C(OH)–C–C–N with tert-alkyl or cyclic N) is 1. The molecule has 1 saturated heterocycles. The van der Waals surface area contributed by atoms with E-state index in [1.54, 1.807) is 19.1 Å². The minimum atomic E-state index is -1.05. The normalized spacial score (nSPS) is 18.5. The Morgan fingerprint density at radius 3 is 2.43 bits per heavy atom. The van der Waals surface area contributed by atoms with E-state index in [9.17, 15) is 19.5 Å². The predicted octanol–water partition coefficient (Wildman–Crippen LogP) is 2.73. The number of carboxylic acid groups (broad SMARTS) is 1. The molecule has 2 amide bonds. The summed E-state index contributed by atoms with van der Waals surface area (Å²) in [7, 11) is 0. The van der Waals surface area contributed by atoms with Gasteiger partial charge in [0.15, 0.2) is 5.17 Å². The smallest absolute Gasteiger partial charge is 0.335 e. The zero-order valence-corrected chi connectivity index (χ0v) is 17.0. The number of hydrogen-bond acceptors (Lipinski definition) is 6. The Morgan fingerprint density at radius 1 is 1.17 bits per heavy atom. The Morgan fingerprint density at radius 2 is 1.83 bits per heavy atom. The predicted molar refractivity (Wildman–Crippen MR) is 115 cm³/mol. The summed E-state index contributed by atoms with van der Waals surface area (Å²) in [6, 6.07) is 14.9. The number of carbonyl (C=O) groups excluding carboxylic acids is 2. The molecule has 8 nitrogen and oxygen atoms in total. The number of carbonyl (C=O) groups is 3. The molecule has 0 bridgehead atoms. The van der Waals surface area contributed by atoms with E-state index in [0.717, 1.165) is 0 Å². The van der Waals surface area contributed by atoms with Gasteiger partial charge in [-0.3, -0.25) is 14.5 Å². The van der Waals surface area contributed by atoms with Gasteiger partial charge in [0, 0.05) is 12.1 Å².